The van der Waals surface area contributed by atoms with Crippen LogP contribution in [0.1, 0.15) is 22.4 Å². The summed E-state index contributed by atoms with van der Waals surface area (Å²) in [6, 6.07) is 7.39. The van der Waals surface area contributed by atoms with Crippen molar-refractivity contribution in [3.05, 3.63) is 57.8 Å². The monoisotopic (exact) mass is 371 g/mol. The first-order valence-corrected chi connectivity index (χ1v) is 8.31. The normalized spacial score (nSPS) is 12.6. The molecule has 1 heterocycles. The van der Waals surface area contributed by atoms with Crippen LogP contribution < -0.4 is 5.32 Å². The number of carbonyl (C=O) groups excluding carboxylic acids is 1. The average Bonchev–Trinajstić information content (AvgIpc) is 2.98. The summed E-state index contributed by atoms with van der Waals surface area (Å²) in [5, 5.41) is 13.5. The molecule has 2 N–H and O–H groups in total. The lowest BCUT2D eigenvalue weighted by molar-refractivity contribution is -0.138. The molecule has 0 saturated heterocycles. The van der Waals surface area contributed by atoms with Gasteiger partial charge in [-0.25, -0.2) is 0 Å². The van der Waals surface area contributed by atoms with Gasteiger partial charge in [-0.3, -0.25) is 9.59 Å². The van der Waals surface area contributed by atoms with Gasteiger partial charge in [-0.1, -0.05) is 18.2 Å². The quantitative estimate of drug-likeness (QED) is 0.783. The number of aliphatic carboxylic acids is 1. The van der Waals surface area contributed by atoms with E-state index in [4.69, 9.17) is 5.11 Å². The van der Waals surface area contributed by atoms with Crippen molar-refractivity contribution in [2.75, 3.05) is 0 Å². The van der Waals surface area contributed by atoms with E-state index in [0.29, 0.717) is 5.56 Å². The first-order valence-electron chi connectivity index (χ1n) is 7.43. The SMILES string of the molecule is O=C(O)CC(Cc1ccc(C(F)(F)F)cc1)NC(=O)Cc1cccs1. The van der Waals surface area contributed by atoms with Crippen molar-refractivity contribution in [1.29, 1.82) is 0 Å². The van der Waals surface area contributed by atoms with Crippen molar-refractivity contribution in [3.63, 3.8) is 0 Å². The number of amides is 1. The maximum absolute atomic E-state index is 12.6. The lowest BCUT2D eigenvalue weighted by Gasteiger charge is -2.17. The van der Waals surface area contributed by atoms with Crippen molar-refractivity contribution in [3.8, 4) is 0 Å². The Balaban J connectivity index is 2.01. The van der Waals surface area contributed by atoms with Gasteiger partial charge in [0, 0.05) is 10.9 Å². The van der Waals surface area contributed by atoms with Crippen molar-refractivity contribution < 1.29 is 27.9 Å². The van der Waals surface area contributed by atoms with E-state index >= 15 is 0 Å². The van der Waals surface area contributed by atoms with Crippen LogP contribution in [-0.4, -0.2) is 23.0 Å². The number of hydrogen-bond acceptors (Lipinski definition) is 3. The number of hydrogen-bond donors (Lipinski definition) is 2. The average molecular weight is 371 g/mol. The van der Waals surface area contributed by atoms with Gasteiger partial charge in [0.2, 0.25) is 5.91 Å². The second kappa shape index (κ2) is 8.15. The molecule has 25 heavy (non-hydrogen) atoms. The summed E-state index contributed by atoms with van der Waals surface area (Å²) >= 11 is 1.42. The molecule has 4 nitrogen and oxygen atoms in total. The topological polar surface area (TPSA) is 66.4 Å². The Morgan fingerprint density at radius 2 is 1.84 bits per heavy atom. The van der Waals surface area contributed by atoms with Crippen LogP contribution in [0.25, 0.3) is 0 Å². The molecule has 0 aliphatic carbocycles. The maximum Gasteiger partial charge on any atom is 0.416 e. The lowest BCUT2D eigenvalue weighted by atomic mass is 10.0. The van der Waals surface area contributed by atoms with Crippen molar-refractivity contribution in [2.24, 2.45) is 0 Å². The minimum absolute atomic E-state index is 0.140. The molecule has 1 amide bonds. The fraction of sp³-hybridized carbons (Fsp3) is 0.294. The highest BCUT2D eigenvalue weighted by molar-refractivity contribution is 7.10. The van der Waals surface area contributed by atoms with Gasteiger partial charge in [0.25, 0.3) is 0 Å². The highest BCUT2D eigenvalue weighted by Crippen LogP contribution is 2.29. The molecule has 134 valence electrons. The fourth-order valence-electron chi connectivity index (χ4n) is 2.35. The highest BCUT2D eigenvalue weighted by Gasteiger charge is 2.30. The van der Waals surface area contributed by atoms with Crippen molar-refractivity contribution in [2.45, 2.75) is 31.5 Å². The van der Waals surface area contributed by atoms with Crippen LogP contribution in [0, 0.1) is 0 Å². The van der Waals surface area contributed by atoms with E-state index in [1.165, 1.54) is 23.5 Å². The zero-order chi connectivity index (χ0) is 18.4. The number of carboxylic acid groups (broad SMARTS) is 1. The van der Waals surface area contributed by atoms with Crippen LogP contribution in [0.5, 0.6) is 0 Å². The van der Waals surface area contributed by atoms with E-state index in [1.54, 1.807) is 6.07 Å². The molecule has 1 aromatic heterocycles. The molecule has 1 aromatic carbocycles. The van der Waals surface area contributed by atoms with Crippen molar-refractivity contribution in [1.82, 2.24) is 5.32 Å². The van der Waals surface area contributed by atoms with Crippen LogP contribution in [-0.2, 0) is 28.6 Å². The van der Waals surface area contributed by atoms with E-state index in [1.807, 2.05) is 11.4 Å². The first-order chi connectivity index (χ1) is 11.7. The van der Waals surface area contributed by atoms with Gasteiger partial charge in [-0.15, -0.1) is 11.3 Å². The molecule has 0 fully saturated rings. The molecular weight excluding hydrogens is 355 g/mol. The number of carboxylic acids is 1. The Morgan fingerprint density at radius 1 is 1.16 bits per heavy atom. The Hall–Kier alpha value is -2.35. The Bertz CT molecular complexity index is 712. The van der Waals surface area contributed by atoms with Gasteiger partial charge < -0.3 is 10.4 Å². The predicted octanol–water partition coefficient (Wildman–Crippen LogP) is 3.51. The molecule has 2 rings (SSSR count). The second-order valence-electron chi connectivity index (χ2n) is 5.52. The number of nitrogens with one attached hydrogen (secondary N) is 1. The molecule has 0 aliphatic heterocycles. The summed E-state index contributed by atoms with van der Waals surface area (Å²) in [5.41, 5.74) is -0.247. The fourth-order valence-corrected chi connectivity index (χ4v) is 3.05. The van der Waals surface area contributed by atoms with Gasteiger partial charge in [0.15, 0.2) is 0 Å². The summed E-state index contributed by atoms with van der Waals surface area (Å²) in [4.78, 5) is 23.9. The smallest absolute Gasteiger partial charge is 0.416 e. The van der Waals surface area contributed by atoms with Crippen molar-refractivity contribution >= 4 is 23.2 Å². The van der Waals surface area contributed by atoms with E-state index in [0.717, 1.165) is 17.0 Å². The number of alkyl halides is 3. The molecule has 8 heteroatoms. The Kier molecular flexibility index (Phi) is 6.19. The van der Waals surface area contributed by atoms with Crippen LogP contribution in [0.4, 0.5) is 13.2 Å². The predicted molar refractivity (Wildman–Crippen MR) is 87.4 cm³/mol. The van der Waals surface area contributed by atoms with Crippen LogP contribution in [0.15, 0.2) is 41.8 Å². The number of benzene rings is 1. The summed E-state index contributed by atoms with van der Waals surface area (Å²) in [6.45, 7) is 0. The van der Waals surface area contributed by atoms with E-state index in [2.05, 4.69) is 5.32 Å². The zero-order valence-electron chi connectivity index (χ0n) is 13.0. The Morgan fingerprint density at radius 3 is 2.36 bits per heavy atom. The van der Waals surface area contributed by atoms with E-state index in [-0.39, 0.29) is 25.2 Å². The van der Waals surface area contributed by atoms with Crippen LogP contribution in [0.3, 0.4) is 0 Å². The molecule has 0 saturated carbocycles. The largest absolute Gasteiger partial charge is 0.481 e. The van der Waals surface area contributed by atoms with Crippen LogP contribution >= 0.6 is 11.3 Å². The second-order valence-corrected chi connectivity index (χ2v) is 6.55. The molecular formula is C17H16F3NO3S. The number of halogens is 3. The zero-order valence-corrected chi connectivity index (χ0v) is 13.9. The molecule has 1 atom stereocenters. The maximum atomic E-state index is 12.6. The first kappa shape index (κ1) is 19.0. The van der Waals surface area contributed by atoms with Gasteiger partial charge in [-0.2, -0.15) is 13.2 Å². The molecule has 0 radical (unpaired) electrons. The number of carbonyl (C=O) groups is 2. The van der Waals surface area contributed by atoms with Gasteiger partial charge in [0.1, 0.15) is 0 Å². The molecule has 1 unspecified atom stereocenters. The Labute approximate surface area is 146 Å². The number of thiophene rings is 1. The highest BCUT2D eigenvalue weighted by atomic mass is 32.1. The van der Waals surface area contributed by atoms with E-state index < -0.39 is 23.8 Å². The minimum Gasteiger partial charge on any atom is -0.481 e. The van der Waals surface area contributed by atoms with Gasteiger partial charge in [0.05, 0.1) is 18.4 Å². The molecule has 2 aromatic rings. The van der Waals surface area contributed by atoms with Gasteiger partial charge in [-0.05, 0) is 35.6 Å². The molecule has 0 spiro atoms. The lowest BCUT2D eigenvalue weighted by Crippen LogP contribution is -2.38. The summed E-state index contributed by atoms with van der Waals surface area (Å²) in [5.74, 6) is -1.41. The third-order valence-electron chi connectivity index (χ3n) is 3.46. The van der Waals surface area contributed by atoms with Crippen LogP contribution in [0.2, 0.25) is 0 Å². The standard InChI is InChI=1S/C17H16F3NO3S/c18-17(19,20)12-5-3-11(4-6-12)8-13(9-16(23)24)21-15(22)10-14-2-1-7-25-14/h1-7,13H,8-10H2,(H,21,22)(H,23,24). The number of rotatable bonds is 7. The minimum atomic E-state index is -4.42. The third kappa shape index (κ3) is 6.22. The third-order valence-corrected chi connectivity index (χ3v) is 4.34. The molecule has 0 bridgehead atoms. The van der Waals surface area contributed by atoms with Gasteiger partial charge >= 0.3 is 12.1 Å². The molecule has 0 aliphatic rings. The summed E-state index contributed by atoms with van der Waals surface area (Å²) < 4.78 is 37.7. The summed E-state index contributed by atoms with van der Waals surface area (Å²) in [7, 11) is 0. The van der Waals surface area contributed by atoms with E-state index in [9.17, 15) is 22.8 Å². The summed E-state index contributed by atoms with van der Waals surface area (Å²) in [6.07, 6.45) is -4.45.